The number of ether oxygens (including phenoxy) is 1. The monoisotopic (exact) mass is 439 g/mol. The van der Waals surface area contributed by atoms with Gasteiger partial charge in [-0.15, -0.1) is 0 Å². The molecule has 3 aromatic rings. The fourth-order valence-electron chi connectivity index (χ4n) is 4.93. The largest absolute Gasteiger partial charge is 0.390 e. The molecule has 1 aromatic carbocycles. The highest BCUT2D eigenvalue weighted by Gasteiger charge is 2.41. The van der Waals surface area contributed by atoms with Crippen LogP contribution in [0.2, 0.25) is 5.02 Å². The Kier molecular flexibility index (Phi) is 5.28. The minimum Gasteiger partial charge on any atom is -0.390 e. The van der Waals surface area contributed by atoms with Gasteiger partial charge < -0.3 is 14.7 Å². The first kappa shape index (κ1) is 20.5. The number of fused-ring (bicyclic) bond motifs is 1. The van der Waals surface area contributed by atoms with Crippen molar-refractivity contribution in [2.75, 3.05) is 24.6 Å². The van der Waals surface area contributed by atoms with Gasteiger partial charge >= 0.3 is 0 Å². The van der Waals surface area contributed by atoms with Crippen LogP contribution >= 0.6 is 11.6 Å². The molecule has 1 atom stereocenters. The fourth-order valence-corrected chi connectivity index (χ4v) is 5.23. The summed E-state index contributed by atoms with van der Waals surface area (Å²) in [7, 11) is 0. The Morgan fingerprint density at radius 3 is 2.68 bits per heavy atom. The summed E-state index contributed by atoms with van der Waals surface area (Å²) in [5.74, 6) is 0.766. The number of anilines is 1. The molecule has 162 valence electrons. The van der Waals surface area contributed by atoms with Gasteiger partial charge in [0.25, 0.3) is 0 Å². The van der Waals surface area contributed by atoms with Gasteiger partial charge in [0, 0.05) is 31.0 Å². The number of hydrogen-bond donors (Lipinski definition) is 1. The first-order valence-corrected chi connectivity index (χ1v) is 11.1. The number of rotatable bonds is 3. The average Bonchev–Trinajstić information content (AvgIpc) is 3.15. The Hall–Kier alpha value is -2.35. The van der Waals surface area contributed by atoms with Crippen LogP contribution in [0.5, 0.6) is 0 Å². The van der Waals surface area contributed by atoms with Crippen LogP contribution in [0, 0.1) is 12.3 Å². The normalized spacial score (nSPS) is 20.6. The van der Waals surface area contributed by atoms with Gasteiger partial charge in [0.1, 0.15) is 11.2 Å². The fraction of sp³-hybridized carbons (Fsp3) is 0.478. The molecule has 0 unspecified atom stereocenters. The molecular weight excluding hydrogens is 414 g/mol. The highest BCUT2D eigenvalue weighted by Crippen LogP contribution is 2.43. The van der Waals surface area contributed by atoms with Crippen LogP contribution in [0.1, 0.15) is 37.6 Å². The van der Waals surface area contributed by atoms with E-state index in [1.54, 1.807) is 12.4 Å². The molecule has 2 aromatic heterocycles. The zero-order valence-electron chi connectivity index (χ0n) is 17.8. The van der Waals surface area contributed by atoms with E-state index in [9.17, 15) is 5.11 Å². The summed E-state index contributed by atoms with van der Waals surface area (Å²) in [6.45, 7) is 6.54. The predicted molar refractivity (Wildman–Crippen MR) is 120 cm³/mol. The molecule has 31 heavy (non-hydrogen) atoms. The van der Waals surface area contributed by atoms with Crippen molar-refractivity contribution in [3.63, 3.8) is 0 Å². The molecule has 0 aliphatic carbocycles. The van der Waals surface area contributed by atoms with Crippen molar-refractivity contribution < 1.29 is 9.84 Å². The van der Waals surface area contributed by atoms with Gasteiger partial charge in [0.15, 0.2) is 5.82 Å². The van der Waals surface area contributed by atoms with E-state index in [2.05, 4.69) is 21.8 Å². The summed E-state index contributed by atoms with van der Waals surface area (Å²) >= 11 is 6.66. The molecule has 2 aliphatic rings. The topological polar surface area (TPSA) is 84.3 Å². The van der Waals surface area contributed by atoms with E-state index in [0.29, 0.717) is 28.0 Å². The molecule has 0 saturated carbocycles. The van der Waals surface area contributed by atoms with Crippen LogP contribution in [-0.4, -0.2) is 50.8 Å². The standard InChI is InChI=1S/C23H26ClN5O2/c1-14-11-23(13-31-14)5-9-29(10-6-23)22-18(12-30)28-20(15(2)27-22)16-3-4-17-21(19(16)24)26-8-7-25-17/h3-4,7-8,14,30H,5-6,9-13H2,1-2H3/t14-/m0/s1. The molecule has 2 fully saturated rings. The van der Waals surface area contributed by atoms with E-state index in [-0.39, 0.29) is 12.0 Å². The molecule has 1 N–H and O–H groups in total. The molecule has 5 rings (SSSR count). The third-order valence-corrected chi connectivity index (χ3v) is 7.01. The number of aliphatic hydroxyl groups excluding tert-OH is 1. The van der Waals surface area contributed by atoms with Crippen molar-refractivity contribution in [2.45, 2.75) is 45.8 Å². The Morgan fingerprint density at radius 2 is 1.97 bits per heavy atom. The molecular formula is C23H26ClN5O2. The average molecular weight is 440 g/mol. The second-order valence-corrected chi connectivity index (χ2v) is 9.13. The van der Waals surface area contributed by atoms with Crippen molar-refractivity contribution in [1.29, 1.82) is 0 Å². The summed E-state index contributed by atoms with van der Waals surface area (Å²) < 4.78 is 5.85. The molecule has 0 bridgehead atoms. The minimum absolute atomic E-state index is 0.178. The Labute approximate surface area is 186 Å². The number of benzene rings is 1. The number of hydrogen-bond acceptors (Lipinski definition) is 7. The van der Waals surface area contributed by atoms with Gasteiger partial charge in [0.05, 0.1) is 41.2 Å². The number of aliphatic hydroxyl groups is 1. The third-order valence-electron chi connectivity index (χ3n) is 6.62. The quantitative estimate of drug-likeness (QED) is 0.661. The lowest BCUT2D eigenvalue weighted by molar-refractivity contribution is 0.0975. The predicted octanol–water partition coefficient (Wildman–Crippen LogP) is 3.94. The Bertz CT molecular complexity index is 1130. The second-order valence-electron chi connectivity index (χ2n) is 8.75. The SMILES string of the molecule is Cc1nc(N2CCC3(CC2)CO[C@@H](C)C3)c(CO)nc1-c1ccc2nccnc2c1Cl. The number of piperidine rings is 1. The molecule has 0 radical (unpaired) electrons. The smallest absolute Gasteiger partial charge is 0.153 e. The van der Waals surface area contributed by atoms with Crippen LogP contribution < -0.4 is 4.90 Å². The lowest BCUT2D eigenvalue weighted by Gasteiger charge is -2.39. The lowest BCUT2D eigenvalue weighted by Crippen LogP contribution is -2.41. The first-order valence-electron chi connectivity index (χ1n) is 10.7. The molecule has 8 heteroatoms. The maximum atomic E-state index is 10.1. The van der Waals surface area contributed by atoms with Crippen molar-refractivity contribution in [1.82, 2.24) is 19.9 Å². The van der Waals surface area contributed by atoms with Crippen molar-refractivity contribution >= 4 is 28.5 Å². The van der Waals surface area contributed by atoms with Crippen LogP contribution in [0.15, 0.2) is 24.5 Å². The molecule has 2 aliphatic heterocycles. The molecule has 1 spiro atoms. The Balaban J connectivity index is 1.47. The van der Waals surface area contributed by atoms with E-state index in [1.807, 2.05) is 19.1 Å². The second kappa shape index (κ2) is 7.97. The van der Waals surface area contributed by atoms with E-state index in [1.165, 1.54) is 0 Å². The van der Waals surface area contributed by atoms with E-state index < -0.39 is 0 Å². The zero-order valence-corrected chi connectivity index (χ0v) is 18.6. The summed E-state index contributed by atoms with van der Waals surface area (Å²) in [6.07, 6.45) is 6.87. The van der Waals surface area contributed by atoms with Crippen LogP contribution in [0.4, 0.5) is 5.82 Å². The zero-order chi connectivity index (χ0) is 21.6. The minimum atomic E-state index is -0.178. The van der Waals surface area contributed by atoms with Gasteiger partial charge in [0.2, 0.25) is 0 Å². The summed E-state index contributed by atoms with van der Waals surface area (Å²) in [4.78, 5) is 20.6. The number of nitrogens with zero attached hydrogens (tertiary/aromatic N) is 5. The molecule has 7 nitrogen and oxygen atoms in total. The first-order chi connectivity index (χ1) is 15.0. The number of aryl methyl sites for hydroxylation is 1. The van der Waals surface area contributed by atoms with E-state index in [4.69, 9.17) is 26.3 Å². The maximum absolute atomic E-state index is 10.1. The van der Waals surface area contributed by atoms with Gasteiger partial charge in [-0.3, -0.25) is 9.97 Å². The van der Waals surface area contributed by atoms with Crippen LogP contribution in [0.25, 0.3) is 22.3 Å². The summed E-state index contributed by atoms with van der Waals surface area (Å²) in [5, 5.41) is 10.6. The molecule has 4 heterocycles. The van der Waals surface area contributed by atoms with Crippen LogP contribution in [-0.2, 0) is 11.3 Å². The van der Waals surface area contributed by atoms with Crippen molar-refractivity contribution in [3.05, 3.63) is 40.9 Å². The summed E-state index contributed by atoms with van der Waals surface area (Å²) in [5.41, 5.74) is 4.41. The van der Waals surface area contributed by atoms with Gasteiger partial charge in [-0.1, -0.05) is 11.6 Å². The highest BCUT2D eigenvalue weighted by molar-refractivity contribution is 6.37. The lowest BCUT2D eigenvalue weighted by atomic mass is 9.77. The van der Waals surface area contributed by atoms with E-state index >= 15 is 0 Å². The van der Waals surface area contributed by atoms with E-state index in [0.717, 1.165) is 61.6 Å². The highest BCUT2D eigenvalue weighted by atomic mass is 35.5. The Morgan fingerprint density at radius 1 is 1.19 bits per heavy atom. The molecule has 0 amide bonds. The van der Waals surface area contributed by atoms with Crippen molar-refractivity contribution in [2.24, 2.45) is 5.41 Å². The summed E-state index contributed by atoms with van der Waals surface area (Å²) in [6, 6.07) is 3.77. The van der Waals surface area contributed by atoms with Gasteiger partial charge in [-0.2, -0.15) is 0 Å². The van der Waals surface area contributed by atoms with Crippen LogP contribution in [0.3, 0.4) is 0 Å². The number of aromatic nitrogens is 4. The van der Waals surface area contributed by atoms with Gasteiger partial charge in [-0.05, 0) is 50.7 Å². The third kappa shape index (κ3) is 3.64. The molecule has 2 saturated heterocycles. The maximum Gasteiger partial charge on any atom is 0.153 e. The number of halogens is 1. The van der Waals surface area contributed by atoms with Gasteiger partial charge in [-0.25, -0.2) is 9.97 Å². The van der Waals surface area contributed by atoms with Crippen molar-refractivity contribution in [3.8, 4) is 11.3 Å².